The maximum atomic E-state index is 6.32. The van der Waals surface area contributed by atoms with Crippen LogP contribution < -0.4 is 15.5 Å². The number of nitrogens with one attached hydrogen (secondary N) is 1. The molecule has 2 aliphatic heterocycles. The predicted molar refractivity (Wildman–Crippen MR) is 101 cm³/mol. The molecule has 0 amide bonds. The average molecular weight is 370 g/mol. The monoisotopic (exact) mass is 370 g/mol. The van der Waals surface area contributed by atoms with Crippen LogP contribution >= 0.6 is 0 Å². The number of anilines is 3. The second-order valence-electron chi connectivity index (χ2n) is 6.64. The van der Waals surface area contributed by atoms with Crippen LogP contribution in [0.2, 0.25) is 0 Å². The van der Waals surface area contributed by atoms with Crippen LogP contribution in [0.1, 0.15) is 0 Å². The van der Waals surface area contributed by atoms with Gasteiger partial charge >= 0.3 is 0 Å². The molecule has 3 aromatic rings. The molecule has 0 spiro atoms. The highest BCUT2D eigenvalue weighted by Gasteiger charge is 2.24. The van der Waals surface area contributed by atoms with Gasteiger partial charge < -0.3 is 25.0 Å². The van der Waals surface area contributed by atoms with Gasteiger partial charge in [-0.3, -0.25) is 5.10 Å². The Morgan fingerprint density at radius 3 is 2.37 bits per heavy atom. The molecular formula is C17H22N8O2. The van der Waals surface area contributed by atoms with Crippen LogP contribution in [0.15, 0.2) is 18.3 Å². The fraction of sp³-hybridized carbons (Fsp3) is 0.471. The summed E-state index contributed by atoms with van der Waals surface area (Å²) >= 11 is 0. The van der Waals surface area contributed by atoms with Gasteiger partial charge in [-0.05, 0) is 0 Å². The van der Waals surface area contributed by atoms with Gasteiger partial charge in [0.1, 0.15) is 5.82 Å². The van der Waals surface area contributed by atoms with Crippen molar-refractivity contribution in [3.8, 4) is 5.82 Å². The Morgan fingerprint density at radius 1 is 1.00 bits per heavy atom. The molecule has 5 heterocycles. The minimum absolute atomic E-state index is 0.460. The highest BCUT2D eigenvalue weighted by molar-refractivity contribution is 6.00. The van der Waals surface area contributed by atoms with Crippen molar-refractivity contribution in [1.82, 2.24) is 25.0 Å². The van der Waals surface area contributed by atoms with Gasteiger partial charge in [0.05, 0.1) is 43.7 Å². The van der Waals surface area contributed by atoms with E-state index in [2.05, 4.69) is 31.2 Å². The molecule has 27 heavy (non-hydrogen) atoms. The molecule has 10 heteroatoms. The minimum atomic E-state index is 0.460. The average Bonchev–Trinajstić information content (AvgIpc) is 3.37. The summed E-state index contributed by atoms with van der Waals surface area (Å²) in [7, 11) is 0. The molecule has 0 bridgehead atoms. The molecule has 2 fully saturated rings. The number of nitrogen functional groups attached to an aromatic ring is 1. The van der Waals surface area contributed by atoms with E-state index < -0.39 is 0 Å². The van der Waals surface area contributed by atoms with E-state index in [-0.39, 0.29) is 0 Å². The minimum Gasteiger partial charge on any atom is -0.382 e. The van der Waals surface area contributed by atoms with Crippen molar-refractivity contribution in [2.45, 2.75) is 0 Å². The zero-order valence-corrected chi connectivity index (χ0v) is 15.0. The van der Waals surface area contributed by atoms with Crippen LogP contribution in [0.4, 0.5) is 17.3 Å². The van der Waals surface area contributed by atoms with Crippen LogP contribution in [-0.4, -0.2) is 77.6 Å². The van der Waals surface area contributed by atoms with Gasteiger partial charge in [0.15, 0.2) is 17.3 Å². The van der Waals surface area contributed by atoms with Crippen LogP contribution in [0.25, 0.3) is 16.9 Å². The van der Waals surface area contributed by atoms with Crippen molar-refractivity contribution in [1.29, 1.82) is 0 Å². The van der Waals surface area contributed by atoms with Gasteiger partial charge in [-0.15, -0.1) is 5.10 Å². The number of H-pyrrole nitrogens is 1. The van der Waals surface area contributed by atoms with Gasteiger partial charge in [-0.2, -0.15) is 9.78 Å². The third kappa shape index (κ3) is 2.86. The number of ether oxygens (including phenoxy) is 2. The van der Waals surface area contributed by atoms with Gasteiger partial charge in [0, 0.05) is 38.3 Å². The number of hydrogen-bond acceptors (Lipinski definition) is 8. The molecule has 10 nitrogen and oxygen atoms in total. The lowest BCUT2D eigenvalue weighted by atomic mass is 10.2. The highest BCUT2D eigenvalue weighted by atomic mass is 16.5. The molecule has 0 radical (unpaired) electrons. The number of nitrogens with zero attached hydrogens (tertiary/aromatic N) is 6. The van der Waals surface area contributed by atoms with Gasteiger partial charge in [-0.1, -0.05) is 0 Å². The molecule has 0 unspecified atom stereocenters. The molecule has 2 aliphatic rings. The second-order valence-corrected chi connectivity index (χ2v) is 6.64. The van der Waals surface area contributed by atoms with E-state index in [0.29, 0.717) is 32.2 Å². The van der Waals surface area contributed by atoms with E-state index in [4.69, 9.17) is 20.2 Å². The van der Waals surface area contributed by atoms with Crippen molar-refractivity contribution in [2.24, 2.45) is 0 Å². The largest absolute Gasteiger partial charge is 0.382 e. The Kier molecular flexibility index (Phi) is 4.06. The van der Waals surface area contributed by atoms with E-state index >= 15 is 0 Å². The first-order valence-electron chi connectivity index (χ1n) is 9.15. The first-order chi connectivity index (χ1) is 13.3. The van der Waals surface area contributed by atoms with Crippen molar-refractivity contribution in [3.05, 3.63) is 18.3 Å². The number of aromatic nitrogens is 5. The standard InChI is InChI=1S/C17H22N8O2/c18-16-15-12(23-3-7-26-8-4-23)11-14(24-5-9-27-10-6-24)20-17(15)25(22-16)13-1-2-19-21-13/h1-2,11H,3-10H2,(H2,18,22)(H,19,21). The maximum Gasteiger partial charge on any atom is 0.171 e. The van der Waals surface area contributed by atoms with Gasteiger partial charge in [0.25, 0.3) is 0 Å². The van der Waals surface area contributed by atoms with Crippen molar-refractivity contribution >= 4 is 28.4 Å². The molecule has 5 rings (SSSR count). The zero-order valence-electron chi connectivity index (χ0n) is 15.0. The number of aromatic amines is 1. The predicted octanol–water partition coefficient (Wildman–Crippen LogP) is 0.399. The first-order valence-corrected chi connectivity index (χ1v) is 9.15. The van der Waals surface area contributed by atoms with Crippen LogP contribution in [0, 0.1) is 0 Å². The highest BCUT2D eigenvalue weighted by Crippen LogP contribution is 2.35. The van der Waals surface area contributed by atoms with E-state index in [9.17, 15) is 0 Å². The van der Waals surface area contributed by atoms with Crippen LogP contribution in [-0.2, 0) is 9.47 Å². The number of nitrogens with two attached hydrogens (primary N) is 1. The van der Waals surface area contributed by atoms with E-state index in [0.717, 1.165) is 54.5 Å². The molecule has 2 saturated heterocycles. The Labute approximate surface area is 155 Å². The Bertz CT molecular complexity index is 926. The molecule has 0 saturated carbocycles. The van der Waals surface area contributed by atoms with Gasteiger partial charge in [-0.25, -0.2) is 4.98 Å². The lowest BCUT2D eigenvalue weighted by molar-refractivity contribution is 0.122. The third-order valence-corrected chi connectivity index (χ3v) is 5.03. The second kappa shape index (κ2) is 6.71. The molecular weight excluding hydrogens is 348 g/mol. The molecule has 0 aromatic carbocycles. The Balaban J connectivity index is 1.70. The fourth-order valence-electron chi connectivity index (χ4n) is 3.65. The summed E-state index contributed by atoms with van der Waals surface area (Å²) in [6, 6.07) is 3.97. The summed E-state index contributed by atoms with van der Waals surface area (Å²) in [5, 5.41) is 12.4. The molecule has 3 N–H and O–H groups in total. The van der Waals surface area contributed by atoms with Crippen LogP contribution in [0.3, 0.4) is 0 Å². The van der Waals surface area contributed by atoms with Crippen molar-refractivity contribution in [3.63, 3.8) is 0 Å². The summed E-state index contributed by atoms with van der Waals surface area (Å²) in [5.41, 5.74) is 8.09. The van der Waals surface area contributed by atoms with Crippen molar-refractivity contribution < 1.29 is 9.47 Å². The normalized spacial score (nSPS) is 18.4. The number of morpholine rings is 2. The number of hydrogen-bond donors (Lipinski definition) is 2. The summed E-state index contributed by atoms with van der Waals surface area (Å²) in [5.74, 6) is 2.10. The summed E-state index contributed by atoms with van der Waals surface area (Å²) in [6.45, 7) is 6.07. The van der Waals surface area contributed by atoms with E-state index in [1.54, 1.807) is 10.9 Å². The summed E-state index contributed by atoms with van der Waals surface area (Å²) < 4.78 is 12.7. The van der Waals surface area contributed by atoms with Crippen molar-refractivity contribution in [2.75, 3.05) is 68.1 Å². The lowest BCUT2D eigenvalue weighted by Gasteiger charge is -2.32. The summed E-state index contributed by atoms with van der Waals surface area (Å²) in [4.78, 5) is 9.46. The first kappa shape index (κ1) is 16.3. The molecule has 0 aliphatic carbocycles. The maximum absolute atomic E-state index is 6.32. The topological polar surface area (TPSA) is 110 Å². The smallest absolute Gasteiger partial charge is 0.171 e. The van der Waals surface area contributed by atoms with E-state index in [1.807, 2.05) is 6.07 Å². The summed E-state index contributed by atoms with van der Waals surface area (Å²) in [6.07, 6.45) is 1.69. The number of pyridine rings is 1. The number of rotatable bonds is 3. The Morgan fingerprint density at radius 2 is 1.70 bits per heavy atom. The van der Waals surface area contributed by atoms with Gasteiger partial charge in [0.2, 0.25) is 0 Å². The zero-order chi connectivity index (χ0) is 18.2. The third-order valence-electron chi connectivity index (χ3n) is 5.03. The lowest BCUT2D eigenvalue weighted by Crippen LogP contribution is -2.38. The molecule has 142 valence electrons. The Hall–Kier alpha value is -2.85. The van der Waals surface area contributed by atoms with E-state index in [1.165, 1.54) is 0 Å². The quantitative estimate of drug-likeness (QED) is 0.682. The molecule has 0 atom stereocenters. The number of fused-ring (bicyclic) bond motifs is 1. The van der Waals surface area contributed by atoms with Crippen LogP contribution in [0.5, 0.6) is 0 Å². The fourth-order valence-corrected chi connectivity index (χ4v) is 3.65. The SMILES string of the molecule is Nc1nn(-c2ccn[nH]2)c2nc(N3CCOCC3)cc(N3CCOCC3)c12. The molecule has 3 aromatic heterocycles.